The highest BCUT2D eigenvalue weighted by molar-refractivity contribution is 5.71. The SMILES string of the molecule is OCC(Cc1ccccc1)Nc1ncc2nnn(-c3ccccc3)c2n1. The van der Waals surface area contributed by atoms with Gasteiger partial charge in [-0.3, -0.25) is 0 Å². The molecule has 0 aliphatic carbocycles. The van der Waals surface area contributed by atoms with Crippen molar-refractivity contribution in [2.75, 3.05) is 11.9 Å². The number of aliphatic hydroxyl groups excluding tert-OH is 1. The van der Waals surface area contributed by atoms with Gasteiger partial charge in [-0.2, -0.15) is 9.67 Å². The van der Waals surface area contributed by atoms with Gasteiger partial charge in [-0.1, -0.05) is 53.7 Å². The van der Waals surface area contributed by atoms with E-state index in [4.69, 9.17) is 0 Å². The van der Waals surface area contributed by atoms with Crippen LogP contribution in [0.4, 0.5) is 5.95 Å². The lowest BCUT2D eigenvalue weighted by Gasteiger charge is -2.16. The van der Waals surface area contributed by atoms with Gasteiger partial charge in [0.05, 0.1) is 24.5 Å². The maximum atomic E-state index is 9.71. The molecule has 0 aliphatic rings. The minimum Gasteiger partial charge on any atom is -0.394 e. The number of nitrogens with zero attached hydrogens (tertiary/aromatic N) is 5. The molecule has 0 radical (unpaired) electrons. The summed E-state index contributed by atoms with van der Waals surface area (Å²) in [6.45, 7) is -0.0213. The smallest absolute Gasteiger partial charge is 0.225 e. The van der Waals surface area contributed by atoms with Crippen molar-refractivity contribution in [2.24, 2.45) is 0 Å². The lowest BCUT2D eigenvalue weighted by Crippen LogP contribution is -2.27. The van der Waals surface area contributed by atoms with Crippen LogP contribution in [0.15, 0.2) is 66.9 Å². The molecular formula is C19H18N6O. The second-order valence-corrected chi connectivity index (χ2v) is 5.95. The molecule has 130 valence electrons. The second kappa shape index (κ2) is 7.28. The number of fused-ring (bicyclic) bond motifs is 1. The number of nitrogens with one attached hydrogen (secondary N) is 1. The minimum absolute atomic E-state index is 0.0213. The molecule has 0 fully saturated rings. The van der Waals surface area contributed by atoms with Crippen LogP contribution < -0.4 is 5.32 Å². The van der Waals surface area contributed by atoms with Gasteiger partial charge in [0.15, 0.2) is 11.2 Å². The predicted octanol–water partition coefficient (Wildman–Crippen LogP) is 2.23. The molecule has 0 saturated heterocycles. The topological polar surface area (TPSA) is 88.8 Å². The molecule has 0 amide bonds. The number of aromatic nitrogens is 5. The summed E-state index contributed by atoms with van der Waals surface area (Å²) in [6.07, 6.45) is 2.31. The first-order valence-electron chi connectivity index (χ1n) is 8.38. The van der Waals surface area contributed by atoms with Crippen molar-refractivity contribution in [1.29, 1.82) is 0 Å². The van der Waals surface area contributed by atoms with Gasteiger partial charge in [-0.05, 0) is 24.1 Å². The van der Waals surface area contributed by atoms with Crippen molar-refractivity contribution >= 4 is 17.1 Å². The van der Waals surface area contributed by atoms with Crippen molar-refractivity contribution in [1.82, 2.24) is 25.0 Å². The van der Waals surface area contributed by atoms with Crippen molar-refractivity contribution in [3.05, 3.63) is 72.4 Å². The Morgan fingerprint density at radius 2 is 1.73 bits per heavy atom. The van der Waals surface area contributed by atoms with E-state index >= 15 is 0 Å². The van der Waals surface area contributed by atoms with Crippen molar-refractivity contribution < 1.29 is 5.11 Å². The summed E-state index contributed by atoms with van der Waals surface area (Å²) in [5.41, 5.74) is 3.24. The molecule has 0 spiro atoms. The van der Waals surface area contributed by atoms with Gasteiger partial charge in [0.2, 0.25) is 5.95 Å². The highest BCUT2D eigenvalue weighted by Crippen LogP contribution is 2.15. The van der Waals surface area contributed by atoms with Gasteiger partial charge >= 0.3 is 0 Å². The molecule has 2 aromatic heterocycles. The molecule has 2 aromatic carbocycles. The first kappa shape index (κ1) is 16.2. The molecule has 7 heteroatoms. The average Bonchev–Trinajstić information content (AvgIpc) is 3.12. The molecule has 26 heavy (non-hydrogen) atoms. The Bertz CT molecular complexity index is 987. The predicted molar refractivity (Wildman–Crippen MR) is 99.1 cm³/mol. The zero-order valence-corrected chi connectivity index (χ0v) is 14.0. The van der Waals surface area contributed by atoms with Crippen LogP contribution in [0.2, 0.25) is 0 Å². The Balaban J connectivity index is 1.60. The monoisotopic (exact) mass is 346 g/mol. The maximum Gasteiger partial charge on any atom is 0.225 e. The summed E-state index contributed by atoms with van der Waals surface area (Å²) in [6, 6.07) is 19.5. The van der Waals surface area contributed by atoms with E-state index in [1.165, 1.54) is 0 Å². The largest absolute Gasteiger partial charge is 0.394 e. The number of anilines is 1. The Labute approximate surface area is 150 Å². The molecule has 0 saturated carbocycles. The lowest BCUT2D eigenvalue weighted by molar-refractivity contribution is 0.273. The van der Waals surface area contributed by atoms with E-state index in [0.717, 1.165) is 11.3 Å². The Morgan fingerprint density at radius 3 is 2.46 bits per heavy atom. The van der Waals surface area contributed by atoms with Crippen molar-refractivity contribution in [3.63, 3.8) is 0 Å². The molecule has 2 heterocycles. The molecule has 0 aliphatic heterocycles. The van der Waals surface area contributed by atoms with E-state index in [2.05, 4.69) is 25.6 Å². The van der Waals surface area contributed by atoms with Gasteiger partial charge in [0.25, 0.3) is 0 Å². The van der Waals surface area contributed by atoms with Crippen molar-refractivity contribution in [3.8, 4) is 5.69 Å². The highest BCUT2D eigenvalue weighted by atomic mass is 16.3. The molecule has 4 rings (SSSR count). The van der Waals surface area contributed by atoms with E-state index in [1.807, 2.05) is 60.7 Å². The van der Waals surface area contributed by atoms with E-state index < -0.39 is 0 Å². The molecule has 1 unspecified atom stereocenters. The number of benzene rings is 2. The van der Waals surface area contributed by atoms with E-state index in [0.29, 0.717) is 23.5 Å². The first-order chi connectivity index (χ1) is 12.8. The number of aliphatic hydroxyl groups is 1. The fourth-order valence-electron chi connectivity index (χ4n) is 2.78. The van der Waals surface area contributed by atoms with Gasteiger partial charge in [0.1, 0.15) is 0 Å². The normalized spacial score (nSPS) is 12.2. The zero-order chi connectivity index (χ0) is 17.8. The lowest BCUT2D eigenvalue weighted by atomic mass is 10.1. The van der Waals surface area contributed by atoms with Crippen LogP contribution in [0.3, 0.4) is 0 Å². The summed E-state index contributed by atoms with van der Waals surface area (Å²) < 4.78 is 1.67. The Morgan fingerprint density at radius 1 is 1.00 bits per heavy atom. The molecule has 2 N–H and O–H groups in total. The van der Waals surface area contributed by atoms with Crippen LogP contribution in [0.25, 0.3) is 16.9 Å². The van der Waals surface area contributed by atoms with Gasteiger partial charge < -0.3 is 10.4 Å². The van der Waals surface area contributed by atoms with E-state index in [9.17, 15) is 5.11 Å². The van der Waals surface area contributed by atoms with Crippen LogP contribution in [0.5, 0.6) is 0 Å². The van der Waals surface area contributed by atoms with Crippen LogP contribution in [-0.2, 0) is 6.42 Å². The summed E-state index contributed by atoms with van der Waals surface area (Å²) in [5.74, 6) is 0.437. The number of hydrogen-bond donors (Lipinski definition) is 2. The van der Waals surface area contributed by atoms with E-state index in [1.54, 1.807) is 10.9 Å². The summed E-state index contributed by atoms with van der Waals surface area (Å²) in [4.78, 5) is 8.84. The van der Waals surface area contributed by atoms with Crippen LogP contribution in [-0.4, -0.2) is 42.7 Å². The number of para-hydroxylation sites is 1. The molecular weight excluding hydrogens is 328 g/mol. The summed E-state index contributed by atoms with van der Waals surface area (Å²) >= 11 is 0. The van der Waals surface area contributed by atoms with Crippen LogP contribution in [0, 0.1) is 0 Å². The Hall–Kier alpha value is -3.32. The maximum absolute atomic E-state index is 9.71. The minimum atomic E-state index is -0.184. The zero-order valence-electron chi connectivity index (χ0n) is 14.0. The molecule has 4 aromatic rings. The van der Waals surface area contributed by atoms with Gasteiger partial charge in [0, 0.05) is 0 Å². The third-order valence-electron chi connectivity index (χ3n) is 4.07. The summed E-state index contributed by atoms with van der Waals surface area (Å²) in [5, 5.41) is 21.2. The third kappa shape index (κ3) is 3.38. The Kier molecular flexibility index (Phi) is 4.53. The summed E-state index contributed by atoms with van der Waals surface area (Å²) in [7, 11) is 0. The molecule has 1 atom stereocenters. The number of rotatable bonds is 6. The standard InChI is InChI=1S/C19H18N6O/c26-13-15(11-14-7-3-1-4-8-14)21-19-20-12-17-18(22-19)25(24-23-17)16-9-5-2-6-10-16/h1-10,12,15,26H,11,13H2,(H,20,21,22). The van der Waals surface area contributed by atoms with Gasteiger partial charge in [-0.25, -0.2) is 4.98 Å². The van der Waals surface area contributed by atoms with E-state index in [-0.39, 0.29) is 12.6 Å². The van der Waals surface area contributed by atoms with Crippen LogP contribution >= 0.6 is 0 Å². The average molecular weight is 346 g/mol. The number of hydrogen-bond acceptors (Lipinski definition) is 6. The van der Waals surface area contributed by atoms with Crippen LogP contribution in [0.1, 0.15) is 5.56 Å². The molecule has 0 bridgehead atoms. The highest BCUT2D eigenvalue weighted by Gasteiger charge is 2.13. The molecule has 7 nitrogen and oxygen atoms in total. The van der Waals surface area contributed by atoms with Crippen molar-refractivity contribution in [2.45, 2.75) is 12.5 Å². The fourth-order valence-corrected chi connectivity index (χ4v) is 2.78. The second-order valence-electron chi connectivity index (χ2n) is 5.95. The van der Waals surface area contributed by atoms with Gasteiger partial charge in [-0.15, -0.1) is 5.10 Å². The third-order valence-corrected chi connectivity index (χ3v) is 4.07. The fraction of sp³-hybridized carbons (Fsp3) is 0.158. The quantitative estimate of drug-likeness (QED) is 0.556. The first-order valence-corrected chi connectivity index (χ1v) is 8.38.